The molecule has 0 N–H and O–H groups in total. The third-order valence-electron chi connectivity index (χ3n) is 5.16. The van der Waals surface area contributed by atoms with Gasteiger partial charge >= 0.3 is 0 Å². The monoisotopic (exact) mass is 469 g/mol. The van der Waals surface area contributed by atoms with E-state index in [-0.39, 0.29) is 17.4 Å². The minimum absolute atomic E-state index is 0.252. The van der Waals surface area contributed by atoms with Crippen LogP contribution in [-0.4, -0.2) is 71.8 Å². The van der Waals surface area contributed by atoms with Crippen molar-refractivity contribution in [3.05, 3.63) is 58.8 Å². The molecular weight excluding hydrogens is 446 g/mol. The minimum atomic E-state index is -0.483. The molecule has 2 fully saturated rings. The summed E-state index contributed by atoms with van der Waals surface area (Å²) in [6, 6.07) is 8.98. The van der Waals surface area contributed by atoms with Gasteiger partial charge in [-0.3, -0.25) is 24.3 Å². The molecule has 3 heterocycles. The van der Waals surface area contributed by atoms with Crippen LogP contribution in [0, 0.1) is 0 Å². The highest BCUT2D eigenvalue weighted by Gasteiger charge is 2.37. The highest BCUT2D eigenvalue weighted by Crippen LogP contribution is 2.34. The molecule has 0 aliphatic carbocycles. The first-order chi connectivity index (χ1) is 16.0. The minimum Gasteiger partial charge on any atom is -0.493 e. The maximum absolute atomic E-state index is 12.8. The summed E-state index contributed by atoms with van der Waals surface area (Å²) in [5, 5.41) is -0.461. The summed E-state index contributed by atoms with van der Waals surface area (Å²) in [5.41, 5.74) is 1.64. The van der Waals surface area contributed by atoms with Gasteiger partial charge in [-0.1, -0.05) is 6.07 Å². The summed E-state index contributed by atoms with van der Waals surface area (Å²) in [7, 11) is 1.53. The standard InChI is InChI=1S/C23H23N3O6S/c1-30-19-12-17(2-3-18(19)32-15-16-4-6-24-7-5-16)13-20-22(28)26(23(29)33-20)14-21(27)25-8-10-31-11-9-25/h2-7,12-13H,8-11,14-15H2,1H3/b20-13-. The molecule has 4 rings (SSSR count). The molecule has 0 atom stereocenters. The van der Waals surface area contributed by atoms with E-state index in [9.17, 15) is 14.4 Å². The van der Waals surface area contributed by atoms with Gasteiger partial charge in [-0.2, -0.15) is 0 Å². The predicted molar refractivity (Wildman–Crippen MR) is 122 cm³/mol. The molecule has 0 unspecified atom stereocenters. The maximum atomic E-state index is 12.8. The third kappa shape index (κ3) is 5.52. The number of carbonyl (C=O) groups excluding carboxylic acids is 3. The van der Waals surface area contributed by atoms with Gasteiger partial charge in [-0.05, 0) is 53.2 Å². The Hall–Kier alpha value is -3.37. The van der Waals surface area contributed by atoms with Gasteiger partial charge in [0.25, 0.3) is 11.1 Å². The number of carbonyl (C=O) groups is 3. The van der Waals surface area contributed by atoms with Crippen molar-refractivity contribution in [2.24, 2.45) is 0 Å². The zero-order valence-corrected chi connectivity index (χ0v) is 18.9. The Bertz CT molecular complexity index is 1070. The summed E-state index contributed by atoms with van der Waals surface area (Å²) in [6.45, 7) is 1.91. The average Bonchev–Trinajstić information content (AvgIpc) is 3.11. The van der Waals surface area contributed by atoms with Gasteiger partial charge in [-0.25, -0.2) is 0 Å². The number of imide groups is 1. The van der Waals surface area contributed by atoms with Crippen molar-refractivity contribution in [2.45, 2.75) is 6.61 Å². The topological polar surface area (TPSA) is 98.3 Å². The number of morpholine rings is 1. The van der Waals surface area contributed by atoms with Crippen LogP contribution >= 0.6 is 11.8 Å². The number of thioether (sulfide) groups is 1. The number of pyridine rings is 1. The molecule has 0 bridgehead atoms. The molecule has 0 saturated carbocycles. The second-order valence-corrected chi connectivity index (χ2v) is 8.31. The van der Waals surface area contributed by atoms with Crippen molar-refractivity contribution in [1.29, 1.82) is 0 Å². The zero-order valence-electron chi connectivity index (χ0n) is 18.1. The van der Waals surface area contributed by atoms with Crippen LogP contribution in [0.1, 0.15) is 11.1 Å². The molecule has 10 heteroatoms. The molecular formula is C23H23N3O6S. The van der Waals surface area contributed by atoms with Crippen molar-refractivity contribution < 1.29 is 28.6 Å². The van der Waals surface area contributed by atoms with Crippen LogP contribution in [0.2, 0.25) is 0 Å². The lowest BCUT2D eigenvalue weighted by Gasteiger charge is -2.28. The Kier molecular flexibility index (Phi) is 7.26. The van der Waals surface area contributed by atoms with Crippen molar-refractivity contribution in [1.82, 2.24) is 14.8 Å². The summed E-state index contributed by atoms with van der Waals surface area (Å²) in [4.78, 5) is 44.4. The van der Waals surface area contributed by atoms with Crippen LogP contribution in [0.25, 0.3) is 6.08 Å². The molecule has 2 aromatic rings. The smallest absolute Gasteiger partial charge is 0.294 e. The van der Waals surface area contributed by atoms with Crippen LogP contribution in [0.15, 0.2) is 47.6 Å². The Morgan fingerprint density at radius 1 is 1.15 bits per heavy atom. The number of amides is 3. The van der Waals surface area contributed by atoms with Gasteiger partial charge < -0.3 is 19.1 Å². The van der Waals surface area contributed by atoms with Gasteiger partial charge in [0.1, 0.15) is 13.2 Å². The summed E-state index contributed by atoms with van der Waals surface area (Å²) in [6.07, 6.45) is 5.00. The van der Waals surface area contributed by atoms with Crippen LogP contribution in [0.3, 0.4) is 0 Å². The van der Waals surface area contributed by atoms with E-state index >= 15 is 0 Å². The first kappa shape index (κ1) is 22.8. The lowest BCUT2D eigenvalue weighted by atomic mass is 10.2. The third-order valence-corrected chi connectivity index (χ3v) is 6.07. The Labute approximate surface area is 195 Å². The van der Waals surface area contributed by atoms with Crippen molar-refractivity contribution in [2.75, 3.05) is 40.0 Å². The number of aromatic nitrogens is 1. The number of hydrogen-bond acceptors (Lipinski definition) is 8. The molecule has 2 saturated heterocycles. The Morgan fingerprint density at radius 2 is 1.91 bits per heavy atom. The fraction of sp³-hybridized carbons (Fsp3) is 0.304. The Morgan fingerprint density at radius 3 is 2.64 bits per heavy atom. The van der Waals surface area contributed by atoms with Crippen LogP contribution < -0.4 is 9.47 Å². The fourth-order valence-electron chi connectivity index (χ4n) is 3.37. The largest absolute Gasteiger partial charge is 0.493 e. The van der Waals surface area contributed by atoms with Crippen molar-refractivity contribution in [3.8, 4) is 11.5 Å². The van der Waals surface area contributed by atoms with Gasteiger partial charge in [0.15, 0.2) is 11.5 Å². The molecule has 172 valence electrons. The lowest BCUT2D eigenvalue weighted by molar-refractivity contribution is -0.139. The van der Waals surface area contributed by atoms with Gasteiger partial charge in [0, 0.05) is 25.5 Å². The summed E-state index contributed by atoms with van der Waals surface area (Å²) in [5.74, 6) is 0.304. The quantitative estimate of drug-likeness (QED) is 0.571. The van der Waals surface area contributed by atoms with E-state index in [4.69, 9.17) is 14.2 Å². The SMILES string of the molecule is COc1cc(/C=C2\SC(=O)N(CC(=O)N3CCOCC3)C2=O)ccc1OCc1ccncc1. The zero-order chi connectivity index (χ0) is 23.2. The fourth-order valence-corrected chi connectivity index (χ4v) is 4.21. The molecule has 3 amide bonds. The average molecular weight is 470 g/mol. The number of ether oxygens (including phenoxy) is 3. The van der Waals surface area contributed by atoms with Gasteiger partial charge in [0.2, 0.25) is 5.91 Å². The molecule has 9 nitrogen and oxygen atoms in total. The van der Waals surface area contributed by atoms with E-state index in [0.717, 1.165) is 22.2 Å². The van der Waals surface area contributed by atoms with E-state index in [2.05, 4.69) is 4.98 Å². The lowest BCUT2D eigenvalue weighted by Crippen LogP contribution is -2.46. The van der Waals surface area contributed by atoms with Crippen LogP contribution in [0.5, 0.6) is 11.5 Å². The van der Waals surface area contributed by atoms with E-state index in [1.807, 2.05) is 12.1 Å². The van der Waals surface area contributed by atoms with E-state index in [1.54, 1.807) is 41.6 Å². The molecule has 33 heavy (non-hydrogen) atoms. The van der Waals surface area contributed by atoms with E-state index < -0.39 is 11.1 Å². The number of methoxy groups -OCH3 is 1. The maximum Gasteiger partial charge on any atom is 0.294 e. The molecule has 2 aliphatic rings. The highest BCUT2D eigenvalue weighted by molar-refractivity contribution is 8.18. The first-order valence-corrected chi connectivity index (χ1v) is 11.2. The molecule has 1 aromatic carbocycles. The van der Waals surface area contributed by atoms with Gasteiger partial charge in [-0.15, -0.1) is 0 Å². The first-order valence-electron chi connectivity index (χ1n) is 10.4. The van der Waals surface area contributed by atoms with E-state index in [1.165, 1.54) is 7.11 Å². The summed E-state index contributed by atoms with van der Waals surface area (Å²) >= 11 is 0.816. The molecule has 0 radical (unpaired) electrons. The molecule has 2 aliphatic heterocycles. The van der Waals surface area contributed by atoms with Crippen LogP contribution in [0.4, 0.5) is 4.79 Å². The number of benzene rings is 1. The molecule has 0 spiro atoms. The number of nitrogens with zero attached hydrogens (tertiary/aromatic N) is 3. The van der Waals surface area contributed by atoms with Gasteiger partial charge in [0.05, 0.1) is 25.2 Å². The Balaban J connectivity index is 1.43. The highest BCUT2D eigenvalue weighted by atomic mass is 32.2. The molecule has 1 aromatic heterocycles. The normalized spacial score (nSPS) is 17.5. The second-order valence-electron chi connectivity index (χ2n) is 7.32. The predicted octanol–water partition coefficient (Wildman–Crippen LogP) is 2.56. The van der Waals surface area contributed by atoms with E-state index in [0.29, 0.717) is 50.0 Å². The number of hydrogen-bond donors (Lipinski definition) is 0. The second kappa shape index (κ2) is 10.5. The number of rotatable bonds is 7. The van der Waals surface area contributed by atoms with Crippen LogP contribution in [-0.2, 0) is 20.9 Å². The van der Waals surface area contributed by atoms with Crippen molar-refractivity contribution in [3.63, 3.8) is 0 Å². The van der Waals surface area contributed by atoms with Crippen molar-refractivity contribution >= 4 is 34.9 Å². The summed E-state index contributed by atoms with van der Waals surface area (Å²) < 4.78 is 16.5.